The summed E-state index contributed by atoms with van der Waals surface area (Å²) in [7, 11) is 0. The summed E-state index contributed by atoms with van der Waals surface area (Å²) in [6.45, 7) is 0. The molecule has 0 saturated heterocycles. The van der Waals surface area contributed by atoms with Gasteiger partial charge in [-0.2, -0.15) is 13.2 Å². The normalized spacial score (nSPS) is 19.7. The Bertz CT molecular complexity index is 574. The van der Waals surface area contributed by atoms with Crippen LogP contribution in [0, 0.1) is 0 Å². The number of alkyl halides is 3. The average molecular weight is 368 g/mol. The maximum absolute atomic E-state index is 12.9. The van der Waals surface area contributed by atoms with Gasteiger partial charge in [-0.25, -0.2) is 0 Å². The molecule has 0 aromatic heterocycles. The largest absolute Gasteiger partial charge is 0.479 e. The molecule has 0 bridgehead atoms. The number of hydrogen-bond donors (Lipinski definition) is 1. The van der Waals surface area contributed by atoms with Crippen LogP contribution in [0.15, 0.2) is 39.4 Å². The fourth-order valence-electron chi connectivity index (χ4n) is 1.72. The summed E-state index contributed by atoms with van der Waals surface area (Å²) in [5.41, 5.74) is 5.55. The lowest BCUT2D eigenvalue weighted by Gasteiger charge is -2.28. The van der Waals surface area contributed by atoms with Gasteiger partial charge in [-0.1, -0.05) is 34.1 Å². The summed E-state index contributed by atoms with van der Waals surface area (Å²) in [6, 6.07) is 6.83. The number of carbonyl (C=O) groups excluding carboxylic acids is 1. The molecule has 0 aliphatic carbocycles. The van der Waals surface area contributed by atoms with E-state index >= 15 is 0 Å². The minimum absolute atomic E-state index is 0.181. The Kier molecular flexibility index (Phi) is 4.33. The maximum atomic E-state index is 12.9. The summed E-state index contributed by atoms with van der Waals surface area (Å²) >= 11 is 4.03. The van der Waals surface area contributed by atoms with Gasteiger partial charge in [0.05, 0.1) is 0 Å². The first kappa shape index (κ1) is 15.2. The van der Waals surface area contributed by atoms with E-state index in [0.29, 0.717) is 10.0 Å². The van der Waals surface area contributed by atoms with Gasteiger partial charge in [0.15, 0.2) is 0 Å². The molecular formula is C12H9BrF3NO2S. The van der Waals surface area contributed by atoms with Gasteiger partial charge in [0.1, 0.15) is 11.0 Å². The molecule has 1 unspecified atom stereocenters. The van der Waals surface area contributed by atoms with Crippen LogP contribution >= 0.6 is 27.7 Å². The van der Waals surface area contributed by atoms with Gasteiger partial charge in [-0.05, 0) is 6.07 Å². The van der Waals surface area contributed by atoms with Gasteiger partial charge in [-0.15, -0.1) is 11.8 Å². The fraction of sp³-hybridized carbons (Fsp3) is 0.250. The highest BCUT2D eigenvalue weighted by molar-refractivity contribution is 9.10. The van der Waals surface area contributed by atoms with Gasteiger partial charge < -0.3 is 10.5 Å². The zero-order chi connectivity index (χ0) is 14.9. The third-order valence-electron chi connectivity index (χ3n) is 2.58. The monoisotopic (exact) mass is 367 g/mol. The number of amides is 1. The van der Waals surface area contributed by atoms with Crippen LogP contribution in [0.3, 0.4) is 0 Å². The highest BCUT2D eigenvalue weighted by Gasteiger charge is 2.44. The van der Waals surface area contributed by atoms with E-state index in [0.717, 1.165) is 11.8 Å². The quantitative estimate of drug-likeness (QED) is 0.869. The summed E-state index contributed by atoms with van der Waals surface area (Å²) in [5.74, 6) is -2.27. The smallest absolute Gasteiger partial charge is 0.450 e. The molecule has 0 fully saturated rings. The van der Waals surface area contributed by atoms with Crippen LogP contribution in [0.25, 0.3) is 0 Å². The highest BCUT2D eigenvalue weighted by Crippen LogP contribution is 2.44. The molecule has 1 aliphatic rings. The number of halogens is 4. The molecule has 3 nitrogen and oxygen atoms in total. The Hall–Kier alpha value is -1.15. The zero-order valence-corrected chi connectivity index (χ0v) is 12.3. The molecule has 20 heavy (non-hydrogen) atoms. The van der Waals surface area contributed by atoms with E-state index in [1.54, 1.807) is 24.3 Å². The second-order valence-electron chi connectivity index (χ2n) is 3.96. The van der Waals surface area contributed by atoms with E-state index in [-0.39, 0.29) is 5.75 Å². The Morgan fingerprint density at radius 3 is 2.60 bits per heavy atom. The second kappa shape index (κ2) is 5.69. The third kappa shape index (κ3) is 3.12. The highest BCUT2D eigenvalue weighted by atomic mass is 79.9. The minimum atomic E-state index is -4.75. The molecule has 2 rings (SSSR count). The van der Waals surface area contributed by atoms with Crippen LogP contribution < -0.4 is 5.73 Å². The Labute approximate surface area is 125 Å². The Morgan fingerprint density at radius 1 is 1.40 bits per heavy atom. The summed E-state index contributed by atoms with van der Waals surface area (Å²) in [5, 5.41) is 0. The van der Waals surface area contributed by atoms with E-state index in [2.05, 4.69) is 15.9 Å². The van der Waals surface area contributed by atoms with Crippen LogP contribution in [0.5, 0.6) is 0 Å². The van der Waals surface area contributed by atoms with Crippen molar-refractivity contribution in [3.8, 4) is 0 Å². The predicted octanol–water partition coefficient (Wildman–Crippen LogP) is 3.51. The number of primary amides is 1. The zero-order valence-electron chi connectivity index (χ0n) is 9.91. The van der Waals surface area contributed by atoms with E-state index in [9.17, 15) is 18.0 Å². The maximum Gasteiger partial charge on any atom is 0.450 e. The van der Waals surface area contributed by atoms with Crippen LogP contribution in [0.2, 0.25) is 0 Å². The molecule has 1 amide bonds. The van der Waals surface area contributed by atoms with Gasteiger partial charge in [0.25, 0.3) is 5.91 Å². The molecule has 8 heteroatoms. The fourth-order valence-corrected chi connectivity index (χ4v) is 3.27. The van der Waals surface area contributed by atoms with Gasteiger partial charge >= 0.3 is 6.18 Å². The first-order chi connectivity index (χ1) is 9.30. The number of rotatable bonds is 2. The first-order valence-electron chi connectivity index (χ1n) is 5.46. The van der Waals surface area contributed by atoms with Gasteiger partial charge in [0.2, 0.25) is 5.76 Å². The lowest BCUT2D eigenvalue weighted by Crippen LogP contribution is -2.28. The molecule has 1 heterocycles. The molecule has 0 spiro atoms. The first-order valence-corrected chi connectivity index (χ1v) is 7.23. The standard InChI is InChI=1S/C12H9BrF3NO2S/c13-7-4-2-1-3-6(7)8-5-20-9(11(17)18)10(19-8)12(14,15)16/h1-4,8H,5H2,(H2,17,18). The van der Waals surface area contributed by atoms with Gasteiger partial charge in [0, 0.05) is 15.8 Å². The predicted molar refractivity (Wildman–Crippen MR) is 72.7 cm³/mol. The minimum Gasteiger partial charge on any atom is -0.479 e. The van der Waals surface area contributed by atoms with Crippen molar-refractivity contribution in [1.82, 2.24) is 0 Å². The molecule has 0 radical (unpaired) electrons. The number of nitrogens with two attached hydrogens (primary N) is 1. The molecule has 1 aromatic rings. The molecule has 108 valence electrons. The van der Waals surface area contributed by atoms with Crippen molar-refractivity contribution >= 4 is 33.6 Å². The second-order valence-corrected chi connectivity index (χ2v) is 5.84. The number of thioether (sulfide) groups is 1. The number of allylic oxidation sites excluding steroid dienone is 1. The lowest BCUT2D eigenvalue weighted by atomic mass is 10.1. The van der Waals surface area contributed by atoms with E-state index in [4.69, 9.17) is 10.5 Å². The summed E-state index contributed by atoms with van der Waals surface area (Å²) < 4.78 is 44.4. The topological polar surface area (TPSA) is 52.3 Å². The third-order valence-corrected chi connectivity index (χ3v) is 4.45. The molecular weight excluding hydrogens is 359 g/mol. The SMILES string of the molecule is NC(=O)C1=C(C(F)(F)F)OC(c2ccccc2Br)CS1. The molecule has 2 N–H and O–H groups in total. The number of carbonyl (C=O) groups is 1. The van der Waals surface area contributed by atoms with Crippen LogP contribution in [0.4, 0.5) is 13.2 Å². The molecule has 0 saturated carbocycles. The van der Waals surface area contributed by atoms with Crippen molar-refractivity contribution in [3.05, 3.63) is 45.0 Å². The van der Waals surface area contributed by atoms with Crippen molar-refractivity contribution in [2.75, 3.05) is 5.75 Å². The number of benzene rings is 1. The number of hydrogen-bond acceptors (Lipinski definition) is 3. The number of ether oxygens (including phenoxy) is 1. The van der Waals surface area contributed by atoms with Crippen LogP contribution in [-0.2, 0) is 9.53 Å². The van der Waals surface area contributed by atoms with Crippen molar-refractivity contribution < 1.29 is 22.7 Å². The average Bonchev–Trinajstić information content (AvgIpc) is 2.37. The van der Waals surface area contributed by atoms with E-state index in [1.807, 2.05) is 0 Å². The Balaban J connectivity index is 2.38. The lowest BCUT2D eigenvalue weighted by molar-refractivity contribution is -0.142. The van der Waals surface area contributed by atoms with Crippen molar-refractivity contribution in [1.29, 1.82) is 0 Å². The van der Waals surface area contributed by atoms with E-state index in [1.165, 1.54) is 0 Å². The summed E-state index contributed by atoms with van der Waals surface area (Å²) in [4.78, 5) is 10.5. The molecule has 1 aliphatic heterocycles. The Morgan fingerprint density at radius 2 is 2.05 bits per heavy atom. The van der Waals surface area contributed by atoms with Crippen LogP contribution in [0.1, 0.15) is 11.7 Å². The van der Waals surface area contributed by atoms with Crippen molar-refractivity contribution in [2.45, 2.75) is 12.3 Å². The molecule has 1 aromatic carbocycles. The van der Waals surface area contributed by atoms with Gasteiger partial charge in [-0.3, -0.25) is 4.79 Å². The summed E-state index contributed by atoms with van der Waals surface area (Å²) in [6.07, 6.45) is -5.55. The molecule has 1 atom stereocenters. The van der Waals surface area contributed by atoms with Crippen LogP contribution in [-0.4, -0.2) is 17.8 Å². The van der Waals surface area contributed by atoms with Crippen molar-refractivity contribution in [2.24, 2.45) is 5.73 Å². The van der Waals surface area contributed by atoms with E-state index < -0.39 is 28.9 Å². The van der Waals surface area contributed by atoms with Crippen molar-refractivity contribution in [3.63, 3.8) is 0 Å².